The van der Waals surface area contributed by atoms with Gasteiger partial charge in [0, 0.05) is 26.2 Å². The van der Waals surface area contributed by atoms with Gasteiger partial charge in [0.1, 0.15) is 5.75 Å². The number of carbonyl (C=O) groups is 1. The second kappa shape index (κ2) is 9.63. The molecule has 32 heavy (non-hydrogen) atoms. The number of ether oxygens (including phenoxy) is 1. The number of fused-ring (bicyclic) bond motifs is 1. The van der Waals surface area contributed by atoms with Crippen LogP contribution in [0.5, 0.6) is 5.75 Å². The average Bonchev–Trinajstić information content (AvgIpc) is 2.82. The molecule has 1 unspecified atom stereocenters. The normalized spacial score (nSPS) is 18.1. The van der Waals surface area contributed by atoms with Gasteiger partial charge in [0.05, 0.1) is 4.90 Å². The summed E-state index contributed by atoms with van der Waals surface area (Å²) < 4.78 is 33.4. The summed E-state index contributed by atoms with van der Waals surface area (Å²) in [5, 5.41) is 0. The molecule has 1 aliphatic heterocycles. The van der Waals surface area contributed by atoms with Crippen LogP contribution in [0.25, 0.3) is 0 Å². The molecule has 1 atom stereocenters. The number of nitrogens with zero attached hydrogens (tertiary/aromatic N) is 2. The van der Waals surface area contributed by atoms with Gasteiger partial charge in [-0.05, 0) is 74.4 Å². The standard InChI is InChI=1S/C25H32N2O4S/c1-3-24(31-22-11-10-20-6-4-5-7-21(20)18-22)25(28)26-14-16-27(17-15-26)32(29,30)23-12-8-19(2)9-13-23/h8-13,18,24H,3-7,14-17H2,1-2H3. The molecule has 6 nitrogen and oxygen atoms in total. The summed E-state index contributed by atoms with van der Waals surface area (Å²) in [5.74, 6) is 0.670. The minimum Gasteiger partial charge on any atom is -0.481 e. The quantitative estimate of drug-likeness (QED) is 0.667. The Hall–Kier alpha value is -2.38. The van der Waals surface area contributed by atoms with Crippen molar-refractivity contribution in [2.24, 2.45) is 0 Å². The maximum Gasteiger partial charge on any atom is 0.263 e. The first-order valence-electron chi connectivity index (χ1n) is 11.5. The Labute approximate surface area is 191 Å². The fourth-order valence-corrected chi connectivity index (χ4v) is 5.89. The molecule has 1 heterocycles. The first-order chi connectivity index (χ1) is 15.4. The topological polar surface area (TPSA) is 66.9 Å². The Morgan fingerprint density at radius 2 is 1.62 bits per heavy atom. The predicted molar refractivity (Wildman–Crippen MR) is 124 cm³/mol. The van der Waals surface area contributed by atoms with E-state index in [-0.39, 0.29) is 19.0 Å². The zero-order chi connectivity index (χ0) is 22.7. The molecule has 0 radical (unpaired) electrons. The average molecular weight is 457 g/mol. The van der Waals surface area contributed by atoms with E-state index in [0.717, 1.165) is 24.2 Å². The lowest BCUT2D eigenvalue weighted by atomic mass is 9.92. The van der Waals surface area contributed by atoms with Crippen molar-refractivity contribution in [3.05, 3.63) is 59.2 Å². The summed E-state index contributed by atoms with van der Waals surface area (Å²) in [6.07, 6.45) is 4.61. The van der Waals surface area contributed by atoms with Crippen molar-refractivity contribution in [2.45, 2.75) is 57.0 Å². The molecule has 1 fully saturated rings. The molecule has 0 aromatic heterocycles. The summed E-state index contributed by atoms with van der Waals surface area (Å²) in [6, 6.07) is 13.1. The number of hydrogen-bond acceptors (Lipinski definition) is 4. The van der Waals surface area contributed by atoms with Gasteiger partial charge in [-0.1, -0.05) is 30.7 Å². The number of piperazine rings is 1. The molecule has 7 heteroatoms. The second-order valence-electron chi connectivity index (χ2n) is 8.69. The van der Waals surface area contributed by atoms with Crippen LogP contribution in [0.2, 0.25) is 0 Å². The van der Waals surface area contributed by atoms with Crippen molar-refractivity contribution in [1.82, 2.24) is 9.21 Å². The first kappa shape index (κ1) is 22.8. The van der Waals surface area contributed by atoms with Gasteiger partial charge >= 0.3 is 0 Å². The molecule has 0 N–H and O–H groups in total. The zero-order valence-electron chi connectivity index (χ0n) is 18.9. The minimum atomic E-state index is -3.55. The highest BCUT2D eigenvalue weighted by Crippen LogP contribution is 2.27. The molecular weight excluding hydrogens is 424 g/mol. The largest absolute Gasteiger partial charge is 0.481 e. The summed E-state index contributed by atoms with van der Waals surface area (Å²) in [6.45, 7) is 5.19. The predicted octanol–water partition coefficient (Wildman–Crippen LogP) is 3.56. The van der Waals surface area contributed by atoms with E-state index in [1.54, 1.807) is 29.2 Å². The van der Waals surface area contributed by atoms with Crippen LogP contribution in [0.1, 0.15) is 42.9 Å². The van der Waals surface area contributed by atoms with E-state index in [9.17, 15) is 13.2 Å². The van der Waals surface area contributed by atoms with Crippen molar-refractivity contribution in [2.75, 3.05) is 26.2 Å². The fraction of sp³-hybridized carbons (Fsp3) is 0.480. The van der Waals surface area contributed by atoms with Gasteiger partial charge in [-0.15, -0.1) is 0 Å². The summed E-state index contributed by atoms with van der Waals surface area (Å²) in [5.41, 5.74) is 3.73. The molecule has 2 aliphatic rings. The monoisotopic (exact) mass is 456 g/mol. The molecule has 1 aliphatic carbocycles. The van der Waals surface area contributed by atoms with Crippen molar-refractivity contribution in [1.29, 1.82) is 0 Å². The summed E-state index contributed by atoms with van der Waals surface area (Å²) in [7, 11) is -3.55. The van der Waals surface area contributed by atoms with Gasteiger partial charge in [0.15, 0.2) is 6.10 Å². The number of hydrogen-bond donors (Lipinski definition) is 0. The molecule has 2 aromatic rings. The SMILES string of the molecule is CCC(Oc1ccc2c(c1)CCCC2)C(=O)N1CCN(S(=O)(=O)c2ccc(C)cc2)CC1. The van der Waals surface area contributed by atoms with Gasteiger partial charge in [-0.3, -0.25) is 4.79 Å². The lowest BCUT2D eigenvalue weighted by Crippen LogP contribution is -2.53. The van der Waals surface area contributed by atoms with E-state index in [1.807, 2.05) is 19.9 Å². The number of amides is 1. The van der Waals surface area contributed by atoms with Crippen molar-refractivity contribution in [3.63, 3.8) is 0 Å². The summed E-state index contributed by atoms with van der Waals surface area (Å²) in [4.78, 5) is 15.1. The molecule has 172 valence electrons. The van der Waals surface area contributed by atoms with Gasteiger partial charge in [-0.25, -0.2) is 8.42 Å². The molecule has 0 saturated carbocycles. The van der Waals surface area contributed by atoms with Gasteiger partial charge < -0.3 is 9.64 Å². The number of rotatable bonds is 6. The number of aryl methyl sites for hydroxylation is 3. The van der Waals surface area contributed by atoms with E-state index >= 15 is 0 Å². The van der Waals surface area contributed by atoms with E-state index in [0.29, 0.717) is 24.4 Å². The smallest absolute Gasteiger partial charge is 0.263 e. The second-order valence-corrected chi connectivity index (χ2v) is 10.6. The fourth-order valence-electron chi connectivity index (χ4n) is 4.47. The highest BCUT2D eigenvalue weighted by atomic mass is 32.2. The van der Waals surface area contributed by atoms with Crippen LogP contribution >= 0.6 is 0 Å². The van der Waals surface area contributed by atoms with Crippen molar-refractivity contribution >= 4 is 15.9 Å². The zero-order valence-corrected chi connectivity index (χ0v) is 19.7. The Kier molecular flexibility index (Phi) is 6.86. The van der Waals surface area contributed by atoms with Crippen LogP contribution in [0, 0.1) is 6.92 Å². The van der Waals surface area contributed by atoms with Crippen molar-refractivity contribution < 1.29 is 17.9 Å². The van der Waals surface area contributed by atoms with Crippen LogP contribution < -0.4 is 4.74 Å². The number of sulfonamides is 1. The van der Waals surface area contributed by atoms with Crippen LogP contribution in [-0.4, -0.2) is 55.8 Å². The molecule has 1 saturated heterocycles. The Balaban J connectivity index is 1.38. The maximum absolute atomic E-state index is 13.1. The van der Waals surface area contributed by atoms with Gasteiger partial charge in [0.2, 0.25) is 10.0 Å². The molecule has 4 rings (SSSR count). The van der Waals surface area contributed by atoms with Crippen LogP contribution in [0.3, 0.4) is 0 Å². The molecule has 1 amide bonds. The van der Waals surface area contributed by atoms with Crippen LogP contribution in [0.15, 0.2) is 47.4 Å². The van der Waals surface area contributed by atoms with Crippen molar-refractivity contribution in [3.8, 4) is 5.75 Å². The number of carbonyl (C=O) groups excluding carboxylic acids is 1. The van der Waals surface area contributed by atoms with E-state index in [1.165, 1.54) is 28.3 Å². The van der Waals surface area contributed by atoms with Gasteiger partial charge in [0.25, 0.3) is 5.91 Å². The Bertz CT molecular complexity index is 1060. The summed E-state index contributed by atoms with van der Waals surface area (Å²) >= 11 is 0. The number of benzene rings is 2. The molecule has 0 bridgehead atoms. The molecule has 0 spiro atoms. The molecule has 2 aromatic carbocycles. The lowest BCUT2D eigenvalue weighted by molar-refractivity contribution is -0.140. The molecular formula is C25H32N2O4S. The maximum atomic E-state index is 13.1. The van der Waals surface area contributed by atoms with Crippen LogP contribution in [0.4, 0.5) is 0 Å². The third-order valence-electron chi connectivity index (χ3n) is 6.45. The third-order valence-corrected chi connectivity index (χ3v) is 8.37. The first-order valence-corrected chi connectivity index (χ1v) is 13.0. The Morgan fingerprint density at radius 1 is 0.969 bits per heavy atom. The highest BCUT2D eigenvalue weighted by Gasteiger charge is 2.33. The Morgan fingerprint density at radius 3 is 2.28 bits per heavy atom. The van der Waals surface area contributed by atoms with E-state index < -0.39 is 16.1 Å². The highest BCUT2D eigenvalue weighted by molar-refractivity contribution is 7.89. The van der Waals surface area contributed by atoms with E-state index in [2.05, 4.69) is 12.1 Å². The minimum absolute atomic E-state index is 0.0717. The van der Waals surface area contributed by atoms with E-state index in [4.69, 9.17) is 4.74 Å². The lowest BCUT2D eigenvalue weighted by Gasteiger charge is -2.35. The van der Waals surface area contributed by atoms with Gasteiger partial charge in [-0.2, -0.15) is 4.31 Å². The van der Waals surface area contributed by atoms with Crippen LogP contribution in [-0.2, 0) is 27.7 Å². The third kappa shape index (κ3) is 4.84.